The minimum absolute atomic E-state index is 0.131. The molecule has 0 N–H and O–H groups in total. The van der Waals surface area contributed by atoms with E-state index in [9.17, 15) is 13.6 Å². The average molecular weight is 175 g/mol. The molecule has 68 valence electrons. The van der Waals surface area contributed by atoms with Crippen LogP contribution in [0.15, 0.2) is 0 Å². The zero-order valence-electron chi connectivity index (χ0n) is 6.72. The average Bonchev–Trinajstić information content (AvgIpc) is 1.81. The standard InChI is InChI=1S/C8H11F2NO/c9-6(10)7(12)11-5-4-8(11)2-1-3-8/h6H,1-5H2. The second-order valence-corrected chi connectivity index (χ2v) is 3.62. The molecule has 0 aromatic carbocycles. The molecule has 1 saturated carbocycles. The van der Waals surface area contributed by atoms with Crippen LogP contribution in [-0.2, 0) is 4.79 Å². The van der Waals surface area contributed by atoms with Crippen LogP contribution in [0.25, 0.3) is 0 Å². The van der Waals surface area contributed by atoms with E-state index in [1.807, 2.05) is 0 Å². The largest absolute Gasteiger partial charge is 0.332 e. The van der Waals surface area contributed by atoms with Crippen molar-refractivity contribution in [1.29, 1.82) is 0 Å². The molecule has 1 saturated heterocycles. The zero-order valence-corrected chi connectivity index (χ0v) is 6.72. The van der Waals surface area contributed by atoms with Crippen molar-refractivity contribution in [1.82, 2.24) is 4.90 Å². The number of hydrogen-bond donors (Lipinski definition) is 0. The first kappa shape index (κ1) is 7.95. The fourth-order valence-corrected chi connectivity index (χ4v) is 2.11. The first-order chi connectivity index (χ1) is 5.66. The molecule has 2 rings (SSSR count). The van der Waals surface area contributed by atoms with Crippen molar-refractivity contribution in [2.24, 2.45) is 0 Å². The summed E-state index contributed by atoms with van der Waals surface area (Å²) in [5, 5.41) is 0. The van der Waals surface area contributed by atoms with Gasteiger partial charge in [-0.2, -0.15) is 8.78 Å². The van der Waals surface area contributed by atoms with Crippen molar-refractivity contribution in [2.45, 2.75) is 37.6 Å². The van der Waals surface area contributed by atoms with Gasteiger partial charge in [-0.15, -0.1) is 0 Å². The van der Waals surface area contributed by atoms with Gasteiger partial charge in [0.15, 0.2) is 0 Å². The minimum atomic E-state index is -2.82. The number of nitrogens with zero attached hydrogens (tertiary/aromatic N) is 1. The monoisotopic (exact) mass is 175 g/mol. The number of hydrogen-bond acceptors (Lipinski definition) is 1. The SMILES string of the molecule is O=C(C(F)F)N1CCC12CCC2. The molecule has 1 amide bonds. The van der Waals surface area contributed by atoms with Gasteiger partial charge < -0.3 is 4.90 Å². The summed E-state index contributed by atoms with van der Waals surface area (Å²) in [5.41, 5.74) is -0.131. The smallest absolute Gasteiger partial charge is 0.315 e. The highest BCUT2D eigenvalue weighted by Crippen LogP contribution is 2.47. The Balaban J connectivity index is 2.01. The van der Waals surface area contributed by atoms with Crippen molar-refractivity contribution in [2.75, 3.05) is 6.54 Å². The molecule has 12 heavy (non-hydrogen) atoms. The Labute approximate surface area is 69.5 Å². The number of carbonyl (C=O) groups is 1. The molecule has 4 heteroatoms. The lowest BCUT2D eigenvalue weighted by atomic mass is 9.68. The van der Waals surface area contributed by atoms with Crippen molar-refractivity contribution in [3.8, 4) is 0 Å². The van der Waals surface area contributed by atoms with Gasteiger partial charge in [-0.1, -0.05) is 0 Å². The summed E-state index contributed by atoms with van der Waals surface area (Å²) in [5.74, 6) is -0.971. The fourth-order valence-electron chi connectivity index (χ4n) is 2.11. The van der Waals surface area contributed by atoms with Gasteiger partial charge in [-0.25, -0.2) is 0 Å². The van der Waals surface area contributed by atoms with E-state index in [-0.39, 0.29) is 5.54 Å². The molecule has 0 aromatic heterocycles. The molecule has 1 aliphatic carbocycles. The van der Waals surface area contributed by atoms with Crippen LogP contribution in [0.5, 0.6) is 0 Å². The van der Waals surface area contributed by atoms with Crippen molar-refractivity contribution in [3.63, 3.8) is 0 Å². The molecular weight excluding hydrogens is 164 g/mol. The summed E-state index contributed by atoms with van der Waals surface area (Å²) in [7, 11) is 0. The van der Waals surface area contributed by atoms with Crippen molar-refractivity contribution >= 4 is 5.91 Å². The van der Waals surface area contributed by atoms with Crippen molar-refractivity contribution < 1.29 is 13.6 Å². The molecule has 0 aromatic rings. The van der Waals surface area contributed by atoms with Crippen LogP contribution in [0.4, 0.5) is 8.78 Å². The predicted octanol–water partition coefficient (Wildman–Crippen LogP) is 1.41. The molecular formula is C8H11F2NO. The highest BCUT2D eigenvalue weighted by atomic mass is 19.3. The quantitative estimate of drug-likeness (QED) is 0.590. The Hall–Kier alpha value is -0.670. The Bertz CT molecular complexity index is 208. The van der Waals surface area contributed by atoms with E-state index in [1.54, 1.807) is 0 Å². The maximum atomic E-state index is 12.0. The minimum Gasteiger partial charge on any atom is -0.332 e. The summed E-state index contributed by atoms with van der Waals surface area (Å²) in [4.78, 5) is 12.3. The van der Waals surface area contributed by atoms with Crippen LogP contribution in [0.3, 0.4) is 0 Å². The number of carbonyl (C=O) groups excluding carboxylic acids is 1. The summed E-state index contributed by atoms with van der Waals surface area (Å²) in [6.45, 7) is 0.531. The second-order valence-electron chi connectivity index (χ2n) is 3.62. The maximum Gasteiger partial charge on any atom is 0.315 e. The van der Waals surface area contributed by atoms with E-state index in [2.05, 4.69) is 0 Å². The third-order valence-electron chi connectivity index (χ3n) is 3.11. The van der Waals surface area contributed by atoms with Gasteiger partial charge in [0, 0.05) is 12.1 Å². The van der Waals surface area contributed by atoms with Crippen LogP contribution >= 0.6 is 0 Å². The number of amides is 1. The number of likely N-dealkylation sites (tertiary alicyclic amines) is 1. The fraction of sp³-hybridized carbons (Fsp3) is 0.875. The molecule has 2 aliphatic rings. The number of halogens is 2. The summed E-state index contributed by atoms with van der Waals surface area (Å²) in [6.07, 6.45) is 1.03. The lowest BCUT2D eigenvalue weighted by Gasteiger charge is -2.58. The van der Waals surface area contributed by atoms with Crippen LogP contribution < -0.4 is 0 Å². The molecule has 0 bridgehead atoms. The highest BCUT2D eigenvalue weighted by Gasteiger charge is 2.52. The predicted molar refractivity (Wildman–Crippen MR) is 38.9 cm³/mol. The molecule has 0 atom stereocenters. The highest BCUT2D eigenvalue weighted by molar-refractivity contribution is 5.81. The summed E-state index contributed by atoms with van der Waals surface area (Å²) in [6, 6.07) is 0. The van der Waals surface area contributed by atoms with E-state index in [0.29, 0.717) is 6.54 Å². The molecule has 0 radical (unpaired) electrons. The van der Waals surface area contributed by atoms with Gasteiger partial charge in [-0.3, -0.25) is 4.79 Å². The van der Waals surface area contributed by atoms with E-state index >= 15 is 0 Å². The molecule has 1 aliphatic heterocycles. The van der Waals surface area contributed by atoms with Gasteiger partial charge in [0.05, 0.1) is 0 Å². The van der Waals surface area contributed by atoms with Crippen LogP contribution in [0.1, 0.15) is 25.7 Å². The maximum absolute atomic E-state index is 12.0. The molecule has 0 unspecified atom stereocenters. The molecule has 2 fully saturated rings. The number of rotatable bonds is 1. The Morgan fingerprint density at radius 3 is 2.25 bits per heavy atom. The Morgan fingerprint density at radius 2 is 2.00 bits per heavy atom. The normalized spacial score (nSPS) is 25.4. The third-order valence-corrected chi connectivity index (χ3v) is 3.11. The Morgan fingerprint density at radius 1 is 1.33 bits per heavy atom. The summed E-state index contributed by atoms with van der Waals surface area (Å²) >= 11 is 0. The molecule has 1 spiro atoms. The van der Waals surface area contributed by atoms with Gasteiger partial charge in [0.1, 0.15) is 0 Å². The Kier molecular flexibility index (Phi) is 1.59. The molecule has 2 nitrogen and oxygen atoms in total. The molecule has 1 heterocycles. The second kappa shape index (κ2) is 2.41. The lowest BCUT2D eigenvalue weighted by Crippen LogP contribution is -2.66. The van der Waals surface area contributed by atoms with Crippen LogP contribution in [0, 0.1) is 0 Å². The zero-order chi connectivity index (χ0) is 8.77. The van der Waals surface area contributed by atoms with Crippen LogP contribution in [0.2, 0.25) is 0 Å². The lowest BCUT2D eigenvalue weighted by molar-refractivity contribution is -0.167. The van der Waals surface area contributed by atoms with Crippen molar-refractivity contribution in [3.05, 3.63) is 0 Å². The first-order valence-corrected chi connectivity index (χ1v) is 4.25. The van der Waals surface area contributed by atoms with E-state index in [1.165, 1.54) is 4.90 Å². The topological polar surface area (TPSA) is 20.3 Å². The van der Waals surface area contributed by atoms with Gasteiger partial charge >= 0.3 is 6.43 Å². The van der Waals surface area contributed by atoms with E-state index in [4.69, 9.17) is 0 Å². The van der Waals surface area contributed by atoms with Gasteiger partial charge in [0.2, 0.25) is 0 Å². The number of alkyl halides is 2. The van der Waals surface area contributed by atoms with Crippen LogP contribution in [-0.4, -0.2) is 29.3 Å². The van der Waals surface area contributed by atoms with Gasteiger partial charge in [-0.05, 0) is 25.7 Å². The van der Waals surface area contributed by atoms with Gasteiger partial charge in [0.25, 0.3) is 5.91 Å². The van der Waals surface area contributed by atoms with E-state index in [0.717, 1.165) is 25.7 Å². The summed E-state index contributed by atoms with van der Waals surface area (Å²) < 4.78 is 24.0. The van der Waals surface area contributed by atoms with E-state index < -0.39 is 12.3 Å². The third kappa shape index (κ3) is 0.867. The first-order valence-electron chi connectivity index (χ1n) is 4.25.